The number of amides is 3. The van der Waals surface area contributed by atoms with E-state index in [9.17, 15) is 19.5 Å². The van der Waals surface area contributed by atoms with E-state index in [1.807, 2.05) is 13.8 Å². The predicted octanol–water partition coefficient (Wildman–Crippen LogP) is 6.82. The van der Waals surface area contributed by atoms with Crippen molar-refractivity contribution in [1.82, 2.24) is 10.2 Å². The van der Waals surface area contributed by atoms with Gasteiger partial charge in [0.25, 0.3) is 5.91 Å². The third kappa shape index (κ3) is 10.6. The number of rotatable bonds is 15. The number of hydrogen-bond donors (Lipinski definition) is 3. The lowest BCUT2D eigenvalue weighted by Crippen LogP contribution is -2.55. The van der Waals surface area contributed by atoms with E-state index in [0.717, 1.165) is 25.7 Å². The molecule has 3 atom stereocenters. The van der Waals surface area contributed by atoms with Gasteiger partial charge in [-0.15, -0.1) is 0 Å². The van der Waals surface area contributed by atoms with Crippen molar-refractivity contribution in [2.75, 3.05) is 19.0 Å². The second-order valence-electron chi connectivity index (χ2n) is 11.6. The van der Waals surface area contributed by atoms with Gasteiger partial charge in [0.05, 0.1) is 7.11 Å². The SMILES string of the molecule is CCCCCCCN(C(=O)C(NC(=O)OC(C)(C)C)C(C)CC)C(C(=O)Nc1ccc(OC)cc1)c1ccccc1O. The van der Waals surface area contributed by atoms with Crippen LogP contribution < -0.4 is 15.4 Å². The van der Waals surface area contributed by atoms with E-state index < -0.39 is 35.6 Å². The molecule has 9 heteroatoms. The first-order chi connectivity index (χ1) is 19.9. The van der Waals surface area contributed by atoms with Crippen LogP contribution in [0.5, 0.6) is 11.5 Å². The van der Waals surface area contributed by atoms with Gasteiger partial charge in [-0.2, -0.15) is 0 Å². The summed E-state index contributed by atoms with van der Waals surface area (Å²) in [6.07, 6.45) is 4.59. The average Bonchev–Trinajstić information content (AvgIpc) is 2.94. The van der Waals surface area contributed by atoms with Crippen molar-refractivity contribution in [2.45, 2.75) is 97.8 Å². The van der Waals surface area contributed by atoms with Gasteiger partial charge in [-0.05, 0) is 63.4 Å². The fourth-order valence-electron chi connectivity index (χ4n) is 4.60. The Balaban J connectivity index is 2.55. The van der Waals surface area contributed by atoms with E-state index in [1.165, 1.54) is 11.0 Å². The molecule has 232 valence electrons. The Morgan fingerprint density at radius 2 is 1.60 bits per heavy atom. The molecule has 0 saturated heterocycles. The summed E-state index contributed by atoms with van der Waals surface area (Å²) in [7, 11) is 1.56. The number of ether oxygens (including phenoxy) is 2. The number of nitrogens with one attached hydrogen (secondary N) is 2. The molecule has 3 N–H and O–H groups in total. The van der Waals surface area contributed by atoms with Crippen LogP contribution in [0.15, 0.2) is 48.5 Å². The van der Waals surface area contributed by atoms with Crippen LogP contribution in [0.3, 0.4) is 0 Å². The number of phenols is 1. The van der Waals surface area contributed by atoms with Gasteiger partial charge < -0.3 is 30.1 Å². The van der Waals surface area contributed by atoms with Gasteiger partial charge in [-0.3, -0.25) is 9.59 Å². The van der Waals surface area contributed by atoms with Gasteiger partial charge in [0.15, 0.2) is 0 Å². The first-order valence-corrected chi connectivity index (χ1v) is 14.9. The Kier molecular flexibility index (Phi) is 13.6. The van der Waals surface area contributed by atoms with E-state index in [0.29, 0.717) is 29.8 Å². The van der Waals surface area contributed by atoms with E-state index >= 15 is 0 Å². The van der Waals surface area contributed by atoms with E-state index in [1.54, 1.807) is 70.3 Å². The maximum absolute atomic E-state index is 14.4. The summed E-state index contributed by atoms with van der Waals surface area (Å²) in [4.78, 5) is 42.8. The van der Waals surface area contributed by atoms with Crippen molar-refractivity contribution in [3.63, 3.8) is 0 Å². The van der Waals surface area contributed by atoms with Crippen LogP contribution in [0.4, 0.5) is 10.5 Å². The number of alkyl carbamates (subject to hydrolysis) is 1. The molecule has 2 rings (SSSR count). The van der Waals surface area contributed by atoms with Crippen molar-refractivity contribution in [2.24, 2.45) is 5.92 Å². The Bertz CT molecular complexity index is 1150. The average molecular weight is 584 g/mol. The monoisotopic (exact) mass is 583 g/mol. The number of carbonyl (C=O) groups is 3. The number of nitrogens with zero attached hydrogens (tertiary/aromatic N) is 1. The molecule has 0 aliphatic carbocycles. The van der Waals surface area contributed by atoms with Gasteiger partial charge in [-0.25, -0.2) is 4.79 Å². The van der Waals surface area contributed by atoms with Crippen molar-refractivity contribution in [1.29, 1.82) is 0 Å². The Hall–Kier alpha value is -3.75. The minimum absolute atomic E-state index is 0.101. The first kappa shape index (κ1) is 34.5. The molecule has 2 aromatic carbocycles. The molecule has 0 spiro atoms. The largest absolute Gasteiger partial charge is 0.508 e. The Morgan fingerprint density at radius 1 is 0.952 bits per heavy atom. The highest BCUT2D eigenvalue weighted by Crippen LogP contribution is 2.32. The molecule has 9 nitrogen and oxygen atoms in total. The van der Waals surface area contributed by atoms with Crippen molar-refractivity contribution >= 4 is 23.6 Å². The number of unbranched alkanes of at least 4 members (excludes halogenated alkanes) is 4. The molecule has 0 aromatic heterocycles. The molecule has 3 amide bonds. The fourth-order valence-corrected chi connectivity index (χ4v) is 4.60. The molecule has 0 radical (unpaired) electrons. The molecule has 0 fully saturated rings. The zero-order chi connectivity index (χ0) is 31.3. The summed E-state index contributed by atoms with van der Waals surface area (Å²) in [5.74, 6) is -0.607. The molecule has 42 heavy (non-hydrogen) atoms. The fraction of sp³-hybridized carbons (Fsp3) is 0.545. The number of benzene rings is 2. The lowest BCUT2D eigenvalue weighted by Gasteiger charge is -2.36. The lowest BCUT2D eigenvalue weighted by atomic mass is 9.95. The van der Waals surface area contributed by atoms with Crippen LogP contribution in [-0.4, -0.2) is 53.2 Å². The highest BCUT2D eigenvalue weighted by Gasteiger charge is 2.39. The van der Waals surface area contributed by atoms with Crippen molar-refractivity contribution < 1.29 is 29.0 Å². The molecule has 0 saturated carbocycles. The van der Waals surface area contributed by atoms with E-state index in [-0.39, 0.29) is 18.2 Å². The summed E-state index contributed by atoms with van der Waals surface area (Å²) in [5, 5.41) is 16.6. The predicted molar refractivity (Wildman–Crippen MR) is 166 cm³/mol. The smallest absolute Gasteiger partial charge is 0.408 e. The van der Waals surface area contributed by atoms with Crippen LogP contribution in [0.25, 0.3) is 0 Å². The van der Waals surface area contributed by atoms with Gasteiger partial charge in [-0.1, -0.05) is 71.1 Å². The van der Waals surface area contributed by atoms with Gasteiger partial charge in [0, 0.05) is 17.8 Å². The number of carbonyl (C=O) groups excluding carboxylic acids is 3. The molecule has 2 aromatic rings. The summed E-state index contributed by atoms with van der Waals surface area (Å²) in [6.45, 7) is 11.5. The van der Waals surface area contributed by atoms with Crippen LogP contribution in [0.1, 0.15) is 91.7 Å². The van der Waals surface area contributed by atoms with Gasteiger partial charge in [0.1, 0.15) is 29.2 Å². The third-order valence-electron chi connectivity index (χ3n) is 7.09. The van der Waals surface area contributed by atoms with Crippen LogP contribution >= 0.6 is 0 Å². The minimum Gasteiger partial charge on any atom is -0.508 e. The highest BCUT2D eigenvalue weighted by molar-refractivity contribution is 5.99. The van der Waals surface area contributed by atoms with E-state index in [2.05, 4.69) is 17.6 Å². The second kappa shape index (κ2) is 16.6. The molecule has 0 aliphatic rings. The zero-order valence-electron chi connectivity index (χ0n) is 26.2. The van der Waals surface area contributed by atoms with Crippen LogP contribution in [0.2, 0.25) is 0 Å². The number of phenolic OH excluding ortho intramolecular Hbond substituents is 1. The minimum atomic E-state index is -1.15. The maximum atomic E-state index is 14.4. The summed E-state index contributed by atoms with van der Waals surface area (Å²) in [6, 6.07) is 11.3. The second-order valence-corrected chi connectivity index (χ2v) is 11.6. The Morgan fingerprint density at radius 3 is 2.17 bits per heavy atom. The number of para-hydroxylation sites is 1. The highest BCUT2D eigenvalue weighted by atomic mass is 16.6. The molecule has 0 heterocycles. The quantitative estimate of drug-likeness (QED) is 0.198. The number of hydrogen-bond acceptors (Lipinski definition) is 6. The standard InChI is InChI=1S/C33H49N3O6/c1-8-10-11-12-15-22-36(31(39)28(23(3)9-2)35-32(40)42-33(4,5)6)29(26-16-13-14-17-27(26)37)30(38)34-24-18-20-25(41-7)21-19-24/h13-14,16-21,23,28-29,37H,8-12,15,22H2,1-7H3,(H,34,38)(H,35,40). The molecule has 0 bridgehead atoms. The lowest BCUT2D eigenvalue weighted by molar-refractivity contribution is -0.142. The van der Waals surface area contributed by atoms with Crippen molar-refractivity contribution in [3.05, 3.63) is 54.1 Å². The molecular formula is C33H49N3O6. The third-order valence-corrected chi connectivity index (χ3v) is 7.09. The van der Waals surface area contributed by atoms with Crippen molar-refractivity contribution in [3.8, 4) is 11.5 Å². The topological polar surface area (TPSA) is 117 Å². The first-order valence-electron chi connectivity index (χ1n) is 14.9. The normalized spacial score (nSPS) is 13.4. The molecular weight excluding hydrogens is 534 g/mol. The summed E-state index contributed by atoms with van der Waals surface area (Å²) >= 11 is 0. The maximum Gasteiger partial charge on any atom is 0.408 e. The van der Waals surface area contributed by atoms with Crippen LogP contribution in [0, 0.1) is 5.92 Å². The summed E-state index contributed by atoms with van der Waals surface area (Å²) in [5.41, 5.74) is 0.0652. The number of methoxy groups -OCH3 is 1. The molecule has 3 unspecified atom stereocenters. The number of aromatic hydroxyl groups is 1. The van der Waals surface area contributed by atoms with Crippen LogP contribution in [-0.2, 0) is 14.3 Å². The van der Waals surface area contributed by atoms with Gasteiger partial charge in [0.2, 0.25) is 5.91 Å². The Labute approximate surface area is 251 Å². The zero-order valence-corrected chi connectivity index (χ0v) is 26.2. The summed E-state index contributed by atoms with van der Waals surface area (Å²) < 4.78 is 10.7. The number of anilines is 1. The van der Waals surface area contributed by atoms with Gasteiger partial charge >= 0.3 is 6.09 Å². The van der Waals surface area contributed by atoms with E-state index in [4.69, 9.17) is 9.47 Å². The molecule has 0 aliphatic heterocycles.